The van der Waals surface area contributed by atoms with E-state index in [0.717, 1.165) is 45.0 Å². The SMILES string of the molecule is Cc1nc(C(C)(C)C)nc2sc(C(=O)N(C)C3CCCCC3)c(C)c12. The predicted molar refractivity (Wildman–Crippen MR) is 105 cm³/mol. The monoisotopic (exact) mass is 359 g/mol. The maximum absolute atomic E-state index is 13.1. The highest BCUT2D eigenvalue weighted by molar-refractivity contribution is 7.20. The maximum atomic E-state index is 13.1. The molecule has 2 heterocycles. The van der Waals surface area contributed by atoms with Crippen LogP contribution < -0.4 is 0 Å². The predicted octanol–water partition coefficient (Wildman–Crippen LogP) is 5.01. The van der Waals surface area contributed by atoms with Crippen LogP contribution in [0.4, 0.5) is 0 Å². The molecule has 0 bridgehead atoms. The van der Waals surface area contributed by atoms with Gasteiger partial charge in [-0.25, -0.2) is 9.97 Å². The summed E-state index contributed by atoms with van der Waals surface area (Å²) in [5.41, 5.74) is 1.91. The summed E-state index contributed by atoms with van der Waals surface area (Å²) in [6.45, 7) is 10.4. The van der Waals surface area contributed by atoms with Gasteiger partial charge < -0.3 is 4.90 Å². The van der Waals surface area contributed by atoms with Crippen LogP contribution >= 0.6 is 11.3 Å². The van der Waals surface area contributed by atoms with E-state index in [1.165, 1.54) is 30.6 Å². The zero-order valence-corrected chi connectivity index (χ0v) is 17.1. The van der Waals surface area contributed by atoms with Crippen LogP contribution in [0.3, 0.4) is 0 Å². The Kier molecular flexibility index (Phi) is 4.89. The van der Waals surface area contributed by atoms with Crippen LogP contribution in [-0.4, -0.2) is 33.9 Å². The quantitative estimate of drug-likeness (QED) is 0.757. The van der Waals surface area contributed by atoms with E-state index in [9.17, 15) is 4.79 Å². The lowest BCUT2D eigenvalue weighted by Gasteiger charge is -2.31. The number of carbonyl (C=O) groups excluding carboxylic acids is 1. The minimum absolute atomic E-state index is 0.0973. The van der Waals surface area contributed by atoms with Gasteiger partial charge in [-0.3, -0.25) is 4.79 Å². The van der Waals surface area contributed by atoms with Crippen molar-refractivity contribution >= 4 is 27.5 Å². The van der Waals surface area contributed by atoms with Crippen LogP contribution in [0, 0.1) is 13.8 Å². The molecule has 0 aromatic carbocycles. The number of rotatable bonds is 2. The van der Waals surface area contributed by atoms with Crippen LogP contribution in [0.1, 0.15) is 79.6 Å². The Bertz CT molecular complexity index is 797. The van der Waals surface area contributed by atoms with Crippen molar-refractivity contribution in [3.05, 3.63) is 22.0 Å². The first-order valence-corrected chi connectivity index (χ1v) is 10.1. The Balaban J connectivity index is 2.00. The van der Waals surface area contributed by atoms with Gasteiger partial charge in [0.1, 0.15) is 10.7 Å². The second-order valence-electron chi connectivity index (χ2n) is 8.33. The third kappa shape index (κ3) is 3.43. The zero-order valence-electron chi connectivity index (χ0n) is 16.3. The summed E-state index contributed by atoms with van der Waals surface area (Å²) in [6.07, 6.45) is 6.00. The summed E-state index contributed by atoms with van der Waals surface area (Å²) < 4.78 is 0. The highest BCUT2D eigenvalue weighted by Gasteiger charge is 2.28. The number of carbonyl (C=O) groups is 1. The zero-order chi connectivity index (χ0) is 18.4. The molecule has 5 heteroatoms. The van der Waals surface area contributed by atoms with E-state index >= 15 is 0 Å². The lowest BCUT2D eigenvalue weighted by atomic mass is 9.94. The van der Waals surface area contributed by atoms with Gasteiger partial charge in [-0.15, -0.1) is 11.3 Å². The van der Waals surface area contributed by atoms with Crippen molar-refractivity contribution in [1.29, 1.82) is 0 Å². The van der Waals surface area contributed by atoms with Gasteiger partial charge >= 0.3 is 0 Å². The molecule has 0 atom stereocenters. The molecular formula is C20H29N3OS. The molecule has 136 valence electrons. The van der Waals surface area contributed by atoms with Crippen LogP contribution in [0.5, 0.6) is 0 Å². The molecule has 0 spiro atoms. The molecule has 0 radical (unpaired) electrons. The van der Waals surface area contributed by atoms with E-state index in [1.54, 1.807) is 0 Å². The molecule has 0 aliphatic heterocycles. The summed E-state index contributed by atoms with van der Waals surface area (Å²) >= 11 is 1.53. The van der Waals surface area contributed by atoms with Crippen molar-refractivity contribution in [2.24, 2.45) is 0 Å². The third-order valence-electron chi connectivity index (χ3n) is 5.28. The molecule has 1 amide bonds. The topological polar surface area (TPSA) is 46.1 Å². The summed E-state index contributed by atoms with van der Waals surface area (Å²) in [7, 11) is 1.96. The fourth-order valence-electron chi connectivity index (χ4n) is 3.67. The molecular weight excluding hydrogens is 330 g/mol. The van der Waals surface area contributed by atoms with Crippen molar-refractivity contribution < 1.29 is 4.79 Å². The third-order valence-corrected chi connectivity index (χ3v) is 6.45. The standard InChI is InChI=1S/C20H29N3OS/c1-12-15-13(2)21-19(20(3,4)5)22-17(15)25-16(12)18(24)23(6)14-10-8-7-9-11-14/h14H,7-11H2,1-6H3. The minimum Gasteiger partial charge on any atom is -0.338 e. The van der Waals surface area contributed by atoms with Crippen LogP contribution in [0.25, 0.3) is 10.2 Å². The minimum atomic E-state index is -0.0973. The van der Waals surface area contributed by atoms with Crippen molar-refractivity contribution in [2.45, 2.75) is 78.2 Å². The van der Waals surface area contributed by atoms with Crippen LogP contribution in [0.15, 0.2) is 0 Å². The molecule has 0 N–H and O–H groups in total. The summed E-state index contributed by atoms with van der Waals surface area (Å²) in [4.78, 5) is 26.3. The molecule has 1 aliphatic carbocycles. The van der Waals surface area contributed by atoms with E-state index in [-0.39, 0.29) is 11.3 Å². The molecule has 1 saturated carbocycles. The van der Waals surface area contributed by atoms with Gasteiger partial charge in [0, 0.05) is 23.9 Å². The van der Waals surface area contributed by atoms with Gasteiger partial charge in [0.15, 0.2) is 0 Å². The average Bonchev–Trinajstić information content (AvgIpc) is 2.91. The number of nitrogens with zero attached hydrogens (tertiary/aromatic N) is 3. The molecule has 4 nitrogen and oxygen atoms in total. The summed E-state index contributed by atoms with van der Waals surface area (Å²) in [5, 5.41) is 1.05. The fraction of sp³-hybridized carbons (Fsp3) is 0.650. The lowest BCUT2D eigenvalue weighted by Crippen LogP contribution is -2.38. The van der Waals surface area contributed by atoms with Gasteiger partial charge in [-0.2, -0.15) is 0 Å². The number of hydrogen-bond donors (Lipinski definition) is 0. The van der Waals surface area contributed by atoms with Crippen molar-refractivity contribution in [1.82, 2.24) is 14.9 Å². The molecule has 25 heavy (non-hydrogen) atoms. The Hall–Kier alpha value is -1.49. The largest absolute Gasteiger partial charge is 0.338 e. The molecule has 2 aromatic heterocycles. The van der Waals surface area contributed by atoms with Crippen molar-refractivity contribution in [3.63, 3.8) is 0 Å². The number of aromatic nitrogens is 2. The lowest BCUT2D eigenvalue weighted by molar-refractivity contribution is 0.0700. The molecule has 1 aliphatic rings. The van der Waals surface area contributed by atoms with E-state index in [4.69, 9.17) is 9.97 Å². The summed E-state index contributed by atoms with van der Waals surface area (Å²) in [5.74, 6) is 0.988. The normalized spacial score (nSPS) is 16.4. The highest BCUT2D eigenvalue weighted by atomic mass is 32.1. The van der Waals surface area contributed by atoms with E-state index < -0.39 is 0 Å². The summed E-state index contributed by atoms with van der Waals surface area (Å²) in [6, 6.07) is 0.378. The second kappa shape index (κ2) is 6.67. The molecule has 1 fully saturated rings. The molecule has 0 saturated heterocycles. The Labute approximate surface area is 154 Å². The van der Waals surface area contributed by atoms with Gasteiger partial charge in [-0.1, -0.05) is 40.0 Å². The number of fused-ring (bicyclic) bond motifs is 1. The van der Waals surface area contributed by atoms with Gasteiger partial charge in [0.25, 0.3) is 5.91 Å². The van der Waals surface area contributed by atoms with Gasteiger partial charge in [-0.05, 0) is 32.3 Å². The van der Waals surface area contributed by atoms with E-state index in [2.05, 4.69) is 20.8 Å². The van der Waals surface area contributed by atoms with Gasteiger partial charge in [0.2, 0.25) is 0 Å². The van der Waals surface area contributed by atoms with Crippen LogP contribution in [0.2, 0.25) is 0 Å². The molecule has 0 unspecified atom stereocenters. The highest BCUT2D eigenvalue weighted by Crippen LogP contribution is 2.34. The van der Waals surface area contributed by atoms with E-state index in [1.807, 2.05) is 25.8 Å². The smallest absolute Gasteiger partial charge is 0.264 e. The van der Waals surface area contributed by atoms with E-state index in [0.29, 0.717) is 6.04 Å². The van der Waals surface area contributed by atoms with Crippen LogP contribution in [-0.2, 0) is 5.41 Å². The number of amides is 1. The Morgan fingerprint density at radius 3 is 2.36 bits per heavy atom. The second-order valence-corrected chi connectivity index (χ2v) is 9.33. The Morgan fingerprint density at radius 2 is 1.76 bits per heavy atom. The first kappa shape index (κ1) is 18.3. The maximum Gasteiger partial charge on any atom is 0.264 e. The molecule has 2 aromatic rings. The van der Waals surface area contributed by atoms with Crippen molar-refractivity contribution in [3.8, 4) is 0 Å². The molecule has 3 rings (SSSR count). The number of aryl methyl sites for hydroxylation is 2. The number of hydrogen-bond acceptors (Lipinski definition) is 4. The average molecular weight is 360 g/mol. The first-order chi connectivity index (χ1) is 11.7. The first-order valence-electron chi connectivity index (χ1n) is 9.25. The fourth-order valence-corrected chi connectivity index (χ4v) is 4.89. The van der Waals surface area contributed by atoms with Crippen molar-refractivity contribution in [2.75, 3.05) is 7.05 Å². The number of thiophene rings is 1. The Morgan fingerprint density at radius 1 is 1.12 bits per heavy atom. The van der Waals surface area contributed by atoms with Gasteiger partial charge in [0.05, 0.1) is 10.6 Å².